The molecule has 0 aliphatic carbocycles. The highest BCUT2D eigenvalue weighted by Gasteiger charge is 2.14. The van der Waals surface area contributed by atoms with Crippen LogP contribution >= 0.6 is 23.4 Å². The Kier molecular flexibility index (Phi) is 6.01. The molecule has 156 valence electrons. The van der Waals surface area contributed by atoms with Gasteiger partial charge in [-0.15, -0.1) is 0 Å². The molecule has 0 saturated carbocycles. The van der Waals surface area contributed by atoms with Crippen molar-refractivity contribution in [2.75, 3.05) is 14.1 Å². The molecule has 0 radical (unpaired) electrons. The van der Waals surface area contributed by atoms with E-state index >= 15 is 0 Å². The number of aliphatic imine (C=N–C) groups is 1. The summed E-state index contributed by atoms with van der Waals surface area (Å²) in [5, 5.41) is 5.60. The molecule has 9 heteroatoms. The van der Waals surface area contributed by atoms with E-state index in [1.165, 1.54) is 34.7 Å². The predicted molar refractivity (Wildman–Crippen MR) is 122 cm³/mol. The Labute approximate surface area is 187 Å². The maximum absolute atomic E-state index is 13.1. The summed E-state index contributed by atoms with van der Waals surface area (Å²) >= 11 is 7.86. The van der Waals surface area contributed by atoms with Crippen LogP contribution in [0.5, 0.6) is 0 Å². The van der Waals surface area contributed by atoms with Crippen molar-refractivity contribution in [2.45, 2.75) is 9.92 Å². The number of benzene rings is 2. The summed E-state index contributed by atoms with van der Waals surface area (Å²) in [6.45, 7) is 0. The van der Waals surface area contributed by atoms with E-state index in [0.29, 0.717) is 32.4 Å². The normalized spacial score (nSPS) is 11.4. The standard InChI is InChI=1S/C22H17ClFN5OS/c1-28(2)12-25-15-5-8-17(18(23)11-15)21-19-9-10-20(27-29(19)13-26-22(21)30)31-16-6-3-14(24)4-7-16/h3-13H,1-2H3/b25-12-. The topological polar surface area (TPSA) is 62.9 Å². The minimum atomic E-state index is -0.396. The van der Waals surface area contributed by atoms with Gasteiger partial charge < -0.3 is 4.90 Å². The molecule has 0 N–H and O–H groups in total. The monoisotopic (exact) mass is 453 g/mol. The van der Waals surface area contributed by atoms with Crippen LogP contribution < -0.4 is 5.56 Å². The zero-order valence-electron chi connectivity index (χ0n) is 16.7. The first-order valence-electron chi connectivity index (χ1n) is 9.23. The van der Waals surface area contributed by atoms with E-state index in [2.05, 4.69) is 15.1 Å². The molecule has 0 saturated heterocycles. The third-order valence-electron chi connectivity index (χ3n) is 4.29. The molecule has 0 aliphatic rings. The molecule has 0 unspecified atom stereocenters. The van der Waals surface area contributed by atoms with E-state index in [1.807, 2.05) is 19.0 Å². The molecule has 0 atom stereocenters. The van der Waals surface area contributed by atoms with E-state index in [9.17, 15) is 9.18 Å². The van der Waals surface area contributed by atoms with Crippen molar-refractivity contribution in [1.82, 2.24) is 19.5 Å². The van der Waals surface area contributed by atoms with Crippen LogP contribution in [0, 0.1) is 5.82 Å². The molecule has 4 rings (SSSR count). The largest absolute Gasteiger partial charge is 0.369 e. The second kappa shape index (κ2) is 8.87. The highest BCUT2D eigenvalue weighted by Crippen LogP contribution is 2.32. The third kappa shape index (κ3) is 4.76. The molecule has 6 nitrogen and oxygen atoms in total. The number of hydrogen-bond donors (Lipinski definition) is 0. The van der Waals surface area contributed by atoms with Gasteiger partial charge in [0.1, 0.15) is 17.2 Å². The first-order chi connectivity index (χ1) is 14.9. The van der Waals surface area contributed by atoms with E-state index in [1.54, 1.807) is 48.8 Å². The van der Waals surface area contributed by atoms with Gasteiger partial charge in [-0.05, 0) is 48.5 Å². The van der Waals surface area contributed by atoms with E-state index in [4.69, 9.17) is 11.6 Å². The molecule has 4 aromatic rings. The van der Waals surface area contributed by atoms with Gasteiger partial charge in [-0.25, -0.2) is 13.9 Å². The number of fused-ring (bicyclic) bond motifs is 1. The van der Waals surface area contributed by atoms with Gasteiger partial charge in [0.15, 0.2) is 0 Å². The smallest absolute Gasteiger partial charge is 0.281 e. The van der Waals surface area contributed by atoms with Gasteiger partial charge in [-0.1, -0.05) is 29.4 Å². The van der Waals surface area contributed by atoms with Crippen LogP contribution in [0.4, 0.5) is 10.1 Å². The summed E-state index contributed by atoms with van der Waals surface area (Å²) in [4.78, 5) is 23.5. The molecule has 2 heterocycles. The third-order valence-corrected chi connectivity index (χ3v) is 5.53. The summed E-state index contributed by atoms with van der Waals surface area (Å²) in [6, 6.07) is 15.0. The van der Waals surface area contributed by atoms with E-state index in [-0.39, 0.29) is 5.82 Å². The molecule has 2 aromatic carbocycles. The number of hydrogen-bond acceptors (Lipinski definition) is 5. The predicted octanol–water partition coefficient (Wildman–Crippen LogP) is 4.92. The minimum absolute atomic E-state index is 0.294. The number of aromatic nitrogens is 3. The Balaban J connectivity index is 1.74. The van der Waals surface area contributed by atoms with Crippen LogP contribution in [0.3, 0.4) is 0 Å². The van der Waals surface area contributed by atoms with Crippen molar-refractivity contribution in [3.63, 3.8) is 0 Å². The lowest BCUT2D eigenvalue weighted by atomic mass is 10.1. The van der Waals surface area contributed by atoms with Crippen molar-refractivity contribution in [2.24, 2.45) is 4.99 Å². The lowest BCUT2D eigenvalue weighted by molar-refractivity contribution is 0.626. The number of halogens is 2. The molecule has 0 bridgehead atoms. The number of nitrogens with zero attached hydrogens (tertiary/aromatic N) is 5. The first kappa shape index (κ1) is 21.0. The Bertz CT molecular complexity index is 1340. The highest BCUT2D eigenvalue weighted by molar-refractivity contribution is 7.99. The van der Waals surface area contributed by atoms with Gasteiger partial charge in [-0.2, -0.15) is 10.1 Å². The van der Waals surface area contributed by atoms with Gasteiger partial charge in [0.05, 0.1) is 28.1 Å². The molecule has 0 fully saturated rings. The molecule has 0 aliphatic heterocycles. The van der Waals surface area contributed by atoms with Crippen LogP contribution in [0.25, 0.3) is 16.6 Å². The van der Waals surface area contributed by atoms with Crippen LogP contribution in [0.15, 0.2) is 80.6 Å². The fraction of sp³-hybridized carbons (Fsp3) is 0.0909. The first-order valence-corrected chi connectivity index (χ1v) is 10.4. The fourth-order valence-electron chi connectivity index (χ4n) is 2.89. The fourth-order valence-corrected chi connectivity index (χ4v) is 3.94. The summed E-state index contributed by atoms with van der Waals surface area (Å²) in [6.07, 6.45) is 3.05. The zero-order valence-corrected chi connectivity index (χ0v) is 18.2. The molecule has 2 aromatic heterocycles. The Morgan fingerprint density at radius 1 is 1.13 bits per heavy atom. The summed E-state index contributed by atoms with van der Waals surface area (Å²) in [7, 11) is 3.75. The van der Waals surface area contributed by atoms with Gasteiger partial charge in [0.2, 0.25) is 0 Å². The molecular weight excluding hydrogens is 437 g/mol. The minimum Gasteiger partial charge on any atom is -0.369 e. The van der Waals surface area contributed by atoms with Gasteiger partial charge in [-0.3, -0.25) is 4.79 Å². The van der Waals surface area contributed by atoms with Gasteiger partial charge in [0, 0.05) is 24.6 Å². The van der Waals surface area contributed by atoms with Crippen molar-refractivity contribution in [1.29, 1.82) is 0 Å². The average Bonchev–Trinajstić information content (AvgIpc) is 2.74. The van der Waals surface area contributed by atoms with Crippen molar-refractivity contribution in [3.8, 4) is 11.1 Å². The molecule has 0 amide bonds. The Morgan fingerprint density at radius 2 is 1.90 bits per heavy atom. The van der Waals surface area contributed by atoms with Crippen LogP contribution in [0.2, 0.25) is 5.02 Å². The lowest BCUT2D eigenvalue weighted by Gasteiger charge is -2.10. The number of rotatable bonds is 5. The summed E-state index contributed by atoms with van der Waals surface area (Å²) in [5.41, 5.74) is 1.78. The maximum Gasteiger partial charge on any atom is 0.281 e. The zero-order chi connectivity index (χ0) is 22.0. The van der Waals surface area contributed by atoms with Crippen molar-refractivity contribution in [3.05, 3.63) is 82.1 Å². The van der Waals surface area contributed by atoms with Crippen LogP contribution in [-0.4, -0.2) is 39.9 Å². The Morgan fingerprint density at radius 3 is 2.61 bits per heavy atom. The second-order valence-electron chi connectivity index (χ2n) is 6.85. The van der Waals surface area contributed by atoms with E-state index < -0.39 is 5.56 Å². The van der Waals surface area contributed by atoms with Gasteiger partial charge in [0.25, 0.3) is 5.56 Å². The van der Waals surface area contributed by atoms with Gasteiger partial charge >= 0.3 is 0 Å². The van der Waals surface area contributed by atoms with Crippen LogP contribution in [-0.2, 0) is 0 Å². The maximum atomic E-state index is 13.1. The average molecular weight is 454 g/mol. The summed E-state index contributed by atoms with van der Waals surface area (Å²) < 4.78 is 14.7. The Hall–Kier alpha value is -3.23. The second-order valence-corrected chi connectivity index (χ2v) is 8.36. The quantitative estimate of drug-likeness (QED) is 0.317. The molecule has 0 spiro atoms. The molecule has 31 heavy (non-hydrogen) atoms. The van der Waals surface area contributed by atoms with Crippen molar-refractivity contribution >= 4 is 40.9 Å². The molecular formula is C22H17ClFN5OS. The van der Waals surface area contributed by atoms with E-state index in [0.717, 1.165) is 4.90 Å². The van der Waals surface area contributed by atoms with Crippen molar-refractivity contribution < 1.29 is 4.39 Å². The summed E-state index contributed by atoms with van der Waals surface area (Å²) in [5.74, 6) is -0.294. The highest BCUT2D eigenvalue weighted by atomic mass is 35.5. The van der Waals surface area contributed by atoms with Crippen LogP contribution in [0.1, 0.15) is 0 Å². The SMILES string of the molecule is CN(C)/C=N\c1ccc(-c2c(=O)ncn3nc(Sc4ccc(F)cc4)ccc23)c(Cl)c1. The lowest BCUT2D eigenvalue weighted by Crippen LogP contribution is -2.13.